The first-order valence-electron chi connectivity index (χ1n) is 15.1. The van der Waals surface area contributed by atoms with Crippen molar-refractivity contribution in [2.24, 2.45) is 23.5 Å². The second-order valence-corrected chi connectivity index (χ2v) is 12.4. The predicted octanol–water partition coefficient (Wildman–Crippen LogP) is 2.99. The van der Waals surface area contributed by atoms with Crippen LogP contribution in [0.15, 0.2) is 42.9 Å². The van der Waals surface area contributed by atoms with Gasteiger partial charge in [0.2, 0.25) is 17.7 Å². The highest BCUT2D eigenvalue weighted by molar-refractivity contribution is 5.94. The Morgan fingerprint density at radius 1 is 0.795 bits per heavy atom. The second kappa shape index (κ2) is 19.1. The Morgan fingerprint density at radius 3 is 1.89 bits per heavy atom. The number of hydrogen-bond donors (Lipinski definition) is 4. The smallest absolute Gasteiger partial charge is 0.328 e. The van der Waals surface area contributed by atoms with E-state index in [0.29, 0.717) is 31.5 Å². The second-order valence-electron chi connectivity index (χ2n) is 12.4. The number of nitrogens with two attached hydrogens (primary N) is 1. The number of amides is 3. The molecule has 5 N–H and O–H groups in total. The number of aromatic nitrogens is 2. The fraction of sp³-hybridized carbons (Fsp3) is 0.594. The molecule has 0 aliphatic carbocycles. The SMILES string of the molecule is COC(=O)C(CC(C)C)NC(=O)C(Cc1cn(Cc2ccccc2)cn1)NC(=O)C(CC(C)C)NC(=O)C(N)CC(C)C.Cl. The number of carbonyl (C=O) groups is 4. The number of hydrogen-bond acceptors (Lipinski definition) is 7. The molecule has 12 heteroatoms. The van der Waals surface area contributed by atoms with Crippen molar-refractivity contribution in [3.63, 3.8) is 0 Å². The molecule has 1 aromatic heterocycles. The van der Waals surface area contributed by atoms with Gasteiger partial charge in [0.05, 0.1) is 25.2 Å². The molecular formula is C32H51ClN6O5. The quantitative estimate of drug-likeness (QED) is 0.195. The normalized spacial score (nSPS) is 13.9. The summed E-state index contributed by atoms with van der Waals surface area (Å²) < 4.78 is 6.81. The standard InChI is InChI=1S/C32H50N6O5.ClH/c1-20(2)13-25(33)29(39)35-26(14-21(3)4)30(40)36-27(31(41)37-28(15-22(5)6)32(42)43-7)16-24-18-38(19-34-24)17-23-11-9-8-10-12-23;/h8-12,18-22,25-28H,13-17,33H2,1-7H3,(H,35,39)(H,36,40)(H,37,41);1H. The molecule has 0 spiro atoms. The van der Waals surface area contributed by atoms with E-state index in [9.17, 15) is 19.2 Å². The third kappa shape index (κ3) is 13.5. The van der Waals surface area contributed by atoms with Gasteiger partial charge in [0.15, 0.2) is 0 Å². The minimum absolute atomic E-state index is 0. The summed E-state index contributed by atoms with van der Waals surface area (Å²) in [6.07, 6.45) is 4.76. The van der Waals surface area contributed by atoms with E-state index in [0.717, 1.165) is 5.56 Å². The lowest BCUT2D eigenvalue weighted by molar-refractivity contribution is -0.146. The number of rotatable bonds is 17. The Balaban J connectivity index is 0.00000968. The highest BCUT2D eigenvalue weighted by atomic mass is 35.5. The fourth-order valence-corrected chi connectivity index (χ4v) is 4.78. The van der Waals surface area contributed by atoms with E-state index in [1.165, 1.54) is 7.11 Å². The van der Waals surface area contributed by atoms with Crippen molar-refractivity contribution < 1.29 is 23.9 Å². The highest BCUT2D eigenvalue weighted by Gasteiger charge is 2.32. The summed E-state index contributed by atoms with van der Waals surface area (Å²) >= 11 is 0. The van der Waals surface area contributed by atoms with Gasteiger partial charge in [-0.2, -0.15) is 0 Å². The van der Waals surface area contributed by atoms with Crippen LogP contribution in [0.3, 0.4) is 0 Å². The van der Waals surface area contributed by atoms with Gasteiger partial charge in [0, 0.05) is 19.2 Å². The molecule has 2 rings (SSSR count). The third-order valence-electron chi connectivity index (χ3n) is 6.85. The van der Waals surface area contributed by atoms with Crippen LogP contribution in [0, 0.1) is 17.8 Å². The van der Waals surface area contributed by atoms with Gasteiger partial charge in [-0.1, -0.05) is 71.9 Å². The number of halogens is 1. The number of carbonyl (C=O) groups excluding carboxylic acids is 4. The van der Waals surface area contributed by atoms with E-state index in [1.54, 1.807) is 6.33 Å². The van der Waals surface area contributed by atoms with Crippen LogP contribution in [0.4, 0.5) is 0 Å². The molecule has 11 nitrogen and oxygen atoms in total. The summed E-state index contributed by atoms with van der Waals surface area (Å²) in [7, 11) is 1.27. The third-order valence-corrected chi connectivity index (χ3v) is 6.85. The van der Waals surface area contributed by atoms with Crippen molar-refractivity contribution in [2.75, 3.05) is 7.11 Å². The van der Waals surface area contributed by atoms with Crippen LogP contribution in [0.25, 0.3) is 0 Å². The van der Waals surface area contributed by atoms with Crippen molar-refractivity contribution in [2.45, 2.75) is 97.9 Å². The first-order valence-corrected chi connectivity index (χ1v) is 15.1. The minimum atomic E-state index is -1.07. The van der Waals surface area contributed by atoms with E-state index in [4.69, 9.17) is 10.5 Å². The van der Waals surface area contributed by atoms with Crippen LogP contribution in [0.5, 0.6) is 0 Å². The zero-order valence-electron chi connectivity index (χ0n) is 27.0. The number of imidazole rings is 1. The van der Waals surface area contributed by atoms with Crippen molar-refractivity contribution in [1.82, 2.24) is 25.5 Å². The van der Waals surface area contributed by atoms with E-state index in [1.807, 2.05) is 82.6 Å². The molecule has 0 aliphatic rings. The molecule has 0 saturated heterocycles. The Labute approximate surface area is 267 Å². The van der Waals surface area contributed by atoms with E-state index >= 15 is 0 Å². The van der Waals surface area contributed by atoms with Gasteiger partial charge in [0.25, 0.3) is 0 Å². The molecule has 0 aliphatic heterocycles. The number of nitrogens with zero attached hydrogens (tertiary/aromatic N) is 2. The molecule has 0 radical (unpaired) electrons. The van der Waals surface area contributed by atoms with Crippen molar-refractivity contribution >= 4 is 36.1 Å². The topological polar surface area (TPSA) is 157 Å². The summed E-state index contributed by atoms with van der Waals surface area (Å²) in [4.78, 5) is 57.0. The maximum Gasteiger partial charge on any atom is 0.328 e. The molecule has 0 fully saturated rings. The molecule has 4 atom stereocenters. The van der Waals surface area contributed by atoms with Crippen LogP contribution >= 0.6 is 12.4 Å². The van der Waals surface area contributed by atoms with Gasteiger partial charge in [-0.05, 0) is 42.6 Å². The molecule has 246 valence electrons. The Hall–Kier alpha value is -3.44. The van der Waals surface area contributed by atoms with Crippen molar-refractivity contribution in [3.8, 4) is 0 Å². The maximum atomic E-state index is 13.6. The van der Waals surface area contributed by atoms with Crippen LogP contribution in [0.2, 0.25) is 0 Å². The van der Waals surface area contributed by atoms with Gasteiger partial charge in [-0.15, -0.1) is 12.4 Å². The maximum absolute atomic E-state index is 13.6. The predicted molar refractivity (Wildman–Crippen MR) is 173 cm³/mol. The molecule has 0 bridgehead atoms. The first kappa shape index (κ1) is 38.6. The molecule has 2 aromatic rings. The molecule has 4 unspecified atom stereocenters. The average Bonchev–Trinajstić information content (AvgIpc) is 3.37. The van der Waals surface area contributed by atoms with Gasteiger partial charge < -0.3 is 31.0 Å². The summed E-state index contributed by atoms with van der Waals surface area (Å²) in [5.41, 5.74) is 7.75. The van der Waals surface area contributed by atoms with Gasteiger partial charge >= 0.3 is 5.97 Å². The molecule has 1 aromatic carbocycles. The van der Waals surface area contributed by atoms with Gasteiger partial charge in [-0.3, -0.25) is 14.4 Å². The van der Waals surface area contributed by atoms with E-state index < -0.39 is 47.9 Å². The van der Waals surface area contributed by atoms with Crippen molar-refractivity contribution in [1.29, 1.82) is 0 Å². The van der Waals surface area contributed by atoms with Crippen LogP contribution in [-0.4, -0.2) is 64.5 Å². The highest BCUT2D eigenvalue weighted by Crippen LogP contribution is 2.12. The summed E-state index contributed by atoms with van der Waals surface area (Å²) in [5, 5.41) is 8.37. The minimum Gasteiger partial charge on any atom is -0.467 e. The van der Waals surface area contributed by atoms with Crippen molar-refractivity contribution in [3.05, 3.63) is 54.1 Å². The fourth-order valence-electron chi connectivity index (χ4n) is 4.78. The largest absolute Gasteiger partial charge is 0.467 e. The Bertz CT molecular complexity index is 1190. The summed E-state index contributed by atoms with van der Waals surface area (Å²) in [6, 6.07) is 6.27. The number of esters is 1. The monoisotopic (exact) mass is 634 g/mol. The molecule has 44 heavy (non-hydrogen) atoms. The number of methoxy groups -OCH3 is 1. The van der Waals surface area contributed by atoms with E-state index in [2.05, 4.69) is 20.9 Å². The Morgan fingerprint density at radius 2 is 1.32 bits per heavy atom. The van der Waals surface area contributed by atoms with Gasteiger partial charge in [-0.25, -0.2) is 9.78 Å². The molecular weight excluding hydrogens is 584 g/mol. The number of benzene rings is 1. The zero-order valence-corrected chi connectivity index (χ0v) is 27.9. The lowest BCUT2D eigenvalue weighted by atomic mass is 9.99. The zero-order chi connectivity index (χ0) is 32.1. The number of ether oxygens (including phenoxy) is 1. The van der Waals surface area contributed by atoms with Crippen LogP contribution in [0.1, 0.15) is 72.1 Å². The van der Waals surface area contributed by atoms with Crippen LogP contribution in [-0.2, 0) is 36.9 Å². The molecule has 3 amide bonds. The number of nitrogens with one attached hydrogen (secondary N) is 3. The Kier molecular flexibility index (Phi) is 16.7. The van der Waals surface area contributed by atoms with Crippen LogP contribution < -0.4 is 21.7 Å². The van der Waals surface area contributed by atoms with Gasteiger partial charge in [0.1, 0.15) is 18.1 Å². The van der Waals surface area contributed by atoms with E-state index in [-0.39, 0.29) is 36.6 Å². The molecule has 1 heterocycles. The average molecular weight is 635 g/mol. The molecule has 0 saturated carbocycles. The first-order chi connectivity index (χ1) is 20.3. The lowest BCUT2D eigenvalue weighted by Gasteiger charge is -2.26. The summed E-state index contributed by atoms with van der Waals surface area (Å²) in [5.74, 6) is -1.66. The lowest BCUT2D eigenvalue weighted by Crippen LogP contribution is -2.58. The summed E-state index contributed by atoms with van der Waals surface area (Å²) in [6.45, 7) is 12.3.